The molecule has 0 spiro atoms. The van der Waals surface area contributed by atoms with Crippen molar-refractivity contribution in [1.82, 2.24) is 4.90 Å². The average molecular weight is 396 g/mol. The van der Waals surface area contributed by atoms with E-state index in [1.165, 1.54) is 49.0 Å². The molecule has 3 heteroatoms. The van der Waals surface area contributed by atoms with Gasteiger partial charge in [0.25, 0.3) is 11.8 Å². The lowest BCUT2D eigenvalue weighted by molar-refractivity contribution is -0.138. The minimum absolute atomic E-state index is 0.00597. The van der Waals surface area contributed by atoms with E-state index in [9.17, 15) is 9.59 Å². The Hall–Kier alpha value is -1.90. The quantitative estimate of drug-likeness (QED) is 0.323. The topological polar surface area (TPSA) is 37.4 Å². The fourth-order valence-electron chi connectivity index (χ4n) is 4.87. The van der Waals surface area contributed by atoms with E-state index in [2.05, 4.69) is 32.0 Å². The number of hydrogen-bond acceptors (Lipinski definition) is 2. The number of unbranched alkanes of at least 4 members (excludes halogenated alkanes) is 7. The van der Waals surface area contributed by atoms with Gasteiger partial charge in [-0.1, -0.05) is 89.5 Å². The Bertz CT molecular complexity index is 749. The van der Waals surface area contributed by atoms with Gasteiger partial charge in [0.2, 0.25) is 0 Å². The molecule has 0 N–H and O–H groups in total. The number of carbonyl (C=O) groups is 2. The predicted octanol–water partition coefficient (Wildman–Crippen LogP) is 6.36. The van der Waals surface area contributed by atoms with Gasteiger partial charge in [0, 0.05) is 11.1 Å². The fourth-order valence-corrected chi connectivity index (χ4v) is 4.87. The van der Waals surface area contributed by atoms with E-state index in [1.54, 1.807) is 0 Å². The molecule has 2 bridgehead atoms. The SMILES string of the molecule is CCCCCCCC1=C2C(=O)N(Cc3ccccc3CC2CCCCCC)C1=O. The normalized spacial score (nSPS) is 18.8. The number of rotatable bonds is 11. The molecule has 2 amide bonds. The van der Waals surface area contributed by atoms with E-state index in [0.717, 1.165) is 55.2 Å². The van der Waals surface area contributed by atoms with Crippen LogP contribution in [0.2, 0.25) is 0 Å². The van der Waals surface area contributed by atoms with Crippen LogP contribution in [0.1, 0.15) is 95.6 Å². The third kappa shape index (κ3) is 5.18. The van der Waals surface area contributed by atoms with Crippen molar-refractivity contribution in [3.8, 4) is 0 Å². The van der Waals surface area contributed by atoms with Crippen LogP contribution < -0.4 is 0 Å². The van der Waals surface area contributed by atoms with Crippen LogP contribution in [0.3, 0.4) is 0 Å². The summed E-state index contributed by atoms with van der Waals surface area (Å²) in [6, 6.07) is 8.36. The Balaban J connectivity index is 1.84. The molecule has 1 unspecified atom stereocenters. The highest BCUT2D eigenvalue weighted by molar-refractivity contribution is 6.19. The third-order valence-corrected chi connectivity index (χ3v) is 6.56. The zero-order valence-corrected chi connectivity index (χ0v) is 18.3. The summed E-state index contributed by atoms with van der Waals surface area (Å²) in [5.41, 5.74) is 4.13. The lowest BCUT2D eigenvalue weighted by Crippen LogP contribution is -2.34. The van der Waals surface area contributed by atoms with Crippen molar-refractivity contribution < 1.29 is 9.59 Å². The van der Waals surface area contributed by atoms with Gasteiger partial charge in [0.05, 0.1) is 6.54 Å². The second-order valence-corrected chi connectivity index (χ2v) is 8.77. The van der Waals surface area contributed by atoms with E-state index in [1.807, 2.05) is 6.07 Å². The molecular weight excluding hydrogens is 358 g/mol. The third-order valence-electron chi connectivity index (χ3n) is 6.56. The molecule has 0 aliphatic carbocycles. The lowest BCUT2D eigenvalue weighted by Gasteiger charge is -2.25. The number of hydrogen-bond donors (Lipinski definition) is 0. The van der Waals surface area contributed by atoms with Crippen LogP contribution in [0.25, 0.3) is 0 Å². The molecule has 1 atom stereocenters. The summed E-state index contributed by atoms with van der Waals surface area (Å²) >= 11 is 0. The summed E-state index contributed by atoms with van der Waals surface area (Å²) in [7, 11) is 0. The molecule has 0 saturated carbocycles. The first-order chi connectivity index (χ1) is 14.2. The summed E-state index contributed by atoms with van der Waals surface area (Å²) in [5, 5.41) is 0. The van der Waals surface area contributed by atoms with E-state index < -0.39 is 0 Å². The largest absolute Gasteiger partial charge is 0.270 e. The molecule has 0 fully saturated rings. The second kappa shape index (κ2) is 10.8. The molecule has 158 valence electrons. The van der Waals surface area contributed by atoms with Gasteiger partial charge >= 0.3 is 0 Å². The van der Waals surface area contributed by atoms with Crippen molar-refractivity contribution in [2.24, 2.45) is 5.92 Å². The van der Waals surface area contributed by atoms with Gasteiger partial charge in [-0.3, -0.25) is 14.5 Å². The van der Waals surface area contributed by atoms with Gasteiger partial charge in [0.15, 0.2) is 0 Å². The molecule has 29 heavy (non-hydrogen) atoms. The molecule has 3 nitrogen and oxygen atoms in total. The van der Waals surface area contributed by atoms with Crippen molar-refractivity contribution in [3.05, 3.63) is 46.5 Å². The first-order valence-corrected chi connectivity index (χ1v) is 11.8. The van der Waals surface area contributed by atoms with Crippen LogP contribution in [0.15, 0.2) is 35.4 Å². The van der Waals surface area contributed by atoms with Gasteiger partial charge in [-0.05, 0) is 42.7 Å². The number of nitrogens with zero attached hydrogens (tertiary/aromatic N) is 1. The number of fused-ring (bicyclic) bond motifs is 3. The molecule has 1 aromatic carbocycles. The maximum atomic E-state index is 13.3. The molecular formula is C26H37NO2. The van der Waals surface area contributed by atoms with E-state index in [0.29, 0.717) is 6.54 Å². The maximum Gasteiger partial charge on any atom is 0.257 e. The smallest absolute Gasteiger partial charge is 0.257 e. The van der Waals surface area contributed by atoms with Crippen LogP contribution in [0.5, 0.6) is 0 Å². The zero-order valence-electron chi connectivity index (χ0n) is 18.3. The first kappa shape index (κ1) is 21.8. The van der Waals surface area contributed by atoms with Crippen LogP contribution >= 0.6 is 0 Å². The van der Waals surface area contributed by atoms with Gasteiger partial charge in [-0.15, -0.1) is 0 Å². The minimum Gasteiger partial charge on any atom is -0.270 e. The number of amides is 2. The first-order valence-electron chi connectivity index (χ1n) is 11.8. The van der Waals surface area contributed by atoms with Crippen LogP contribution in [0.4, 0.5) is 0 Å². The summed E-state index contributed by atoms with van der Waals surface area (Å²) in [5.74, 6) is 0.157. The standard InChI is InChI=1S/C26H37NO2/c1-3-5-7-9-11-17-23-24-21(15-10-8-6-4-2)18-20-14-12-13-16-22(20)19-27(25(23)28)26(24)29/h12-14,16,21H,3-11,15,17-19H2,1-2H3. The van der Waals surface area contributed by atoms with Crippen LogP contribution in [0, 0.1) is 5.92 Å². The van der Waals surface area contributed by atoms with Crippen molar-refractivity contribution in [2.45, 2.75) is 97.4 Å². The van der Waals surface area contributed by atoms with Crippen LogP contribution in [-0.2, 0) is 22.6 Å². The Morgan fingerprint density at radius 3 is 2.21 bits per heavy atom. The zero-order chi connectivity index (χ0) is 20.6. The van der Waals surface area contributed by atoms with Crippen molar-refractivity contribution >= 4 is 11.8 Å². The molecule has 0 saturated heterocycles. The summed E-state index contributed by atoms with van der Waals surface area (Å²) in [4.78, 5) is 28.0. The maximum absolute atomic E-state index is 13.3. The summed E-state index contributed by atoms with van der Waals surface area (Å²) < 4.78 is 0. The average Bonchev–Trinajstić information content (AvgIpc) is 2.97. The highest BCUT2D eigenvalue weighted by Crippen LogP contribution is 2.38. The molecule has 0 aromatic heterocycles. The predicted molar refractivity (Wildman–Crippen MR) is 118 cm³/mol. The van der Waals surface area contributed by atoms with E-state index >= 15 is 0 Å². The fraction of sp³-hybridized carbons (Fsp3) is 0.615. The number of carbonyl (C=O) groups excluding carboxylic acids is 2. The second-order valence-electron chi connectivity index (χ2n) is 8.77. The molecule has 1 aromatic rings. The molecule has 2 aliphatic rings. The highest BCUT2D eigenvalue weighted by atomic mass is 16.2. The van der Waals surface area contributed by atoms with Crippen LogP contribution in [-0.4, -0.2) is 16.7 Å². The number of imide groups is 1. The van der Waals surface area contributed by atoms with Gasteiger partial charge in [-0.25, -0.2) is 0 Å². The Kier molecular flexibility index (Phi) is 8.09. The summed E-state index contributed by atoms with van der Waals surface area (Å²) in [6.07, 6.45) is 13.3. The molecule has 2 heterocycles. The van der Waals surface area contributed by atoms with Crippen molar-refractivity contribution in [1.29, 1.82) is 0 Å². The molecule has 2 aliphatic heterocycles. The van der Waals surface area contributed by atoms with Crippen molar-refractivity contribution in [3.63, 3.8) is 0 Å². The monoisotopic (exact) mass is 395 g/mol. The van der Waals surface area contributed by atoms with Gasteiger partial charge in [-0.2, -0.15) is 0 Å². The van der Waals surface area contributed by atoms with E-state index in [4.69, 9.17) is 0 Å². The highest BCUT2D eigenvalue weighted by Gasteiger charge is 2.42. The molecule has 0 radical (unpaired) electrons. The van der Waals surface area contributed by atoms with Crippen molar-refractivity contribution in [2.75, 3.05) is 0 Å². The van der Waals surface area contributed by atoms with Gasteiger partial charge < -0.3 is 0 Å². The Labute approximate surface area is 176 Å². The Morgan fingerprint density at radius 1 is 0.828 bits per heavy atom. The lowest BCUT2D eigenvalue weighted by atomic mass is 9.82. The summed E-state index contributed by atoms with van der Waals surface area (Å²) in [6.45, 7) is 4.87. The number of benzene rings is 1. The Morgan fingerprint density at radius 2 is 1.48 bits per heavy atom. The van der Waals surface area contributed by atoms with E-state index in [-0.39, 0.29) is 17.7 Å². The minimum atomic E-state index is -0.0178. The van der Waals surface area contributed by atoms with Gasteiger partial charge in [0.1, 0.15) is 0 Å². The molecule has 3 rings (SSSR count).